The fourth-order valence-corrected chi connectivity index (χ4v) is 2.68. The number of hydrogen-bond donors (Lipinski definition) is 2. The Balaban J connectivity index is 2.14. The third-order valence-corrected chi connectivity index (χ3v) is 4.29. The van der Waals surface area contributed by atoms with Crippen LogP contribution in [0.25, 0.3) is 0 Å². The summed E-state index contributed by atoms with van der Waals surface area (Å²) in [5, 5.41) is 11.9. The molecule has 5 nitrogen and oxygen atoms in total. The van der Waals surface area contributed by atoms with Gasteiger partial charge >= 0.3 is 0 Å². The number of nitrogens with zero attached hydrogens (tertiary/aromatic N) is 2. The minimum atomic E-state index is 0.124. The van der Waals surface area contributed by atoms with Gasteiger partial charge in [0, 0.05) is 17.7 Å². The van der Waals surface area contributed by atoms with Gasteiger partial charge in [0.15, 0.2) is 5.84 Å². The van der Waals surface area contributed by atoms with Crippen molar-refractivity contribution < 1.29 is 9.94 Å². The topological polar surface area (TPSA) is 71.1 Å². The summed E-state index contributed by atoms with van der Waals surface area (Å²) in [6.07, 6.45) is 2.41. The van der Waals surface area contributed by atoms with Crippen LogP contribution in [0.1, 0.15) is 37.8 Å². The van der Waals surface area contributed by atoms with Gasteiger partial charge in [-0.3, -0.25) is 4.90 Å². The normalized spacial score (nSPS) is 19.5. The molecule has 1 heterocycles. The lowest BCUT2D eigenvalue weighted by molar-refractivity contribution is 0.126. The van der Waals surface area contributed by atoms with Gasteiger partial charge in [-0.05, 0) is 49.5 Å². The summed E-state index contributed by atoms with van der Waals surface area (Å²) in [6.45, 7) is 7.65. The minimum absolute atomic E-state index is 0.124. The van der Waals surface area contributed by atoms with Crippen LogP contribution in [-0.4, -0.2) is 36.1 Å². The molecule has 1 aliphatic rings. The van der Waals surface area contributed by atoms with E-state index < -0.39 is 0 Å². The Morgan fingerprint density at radius 2 is 2.05 bits per heavy atom. The Hall–Kier alpha value is -1.75. The highest BCUT2D eigenvalue weighted by molar-refractivity contribution is 5.97. The zero-order valence-corrected chi connectivity index (χ0v) is 13.1. The Labute approximate surface area is 126 Å². The van der Waals surface area contributed by atoms with E-state index in [1.165, 1.54) is 12.8 Å². The molecule has 1 fully saturated rings. The number of likely N-dealkylation sites (tertiary alicyclic amines) is 1. The van der Waals surface area contributed by atoms with Gasteiger partial charge in [0.05, 0.1) is 7.11 Å². The molecular formula is C16H25N3O2. The van der Waals surface area contributed by atoms with Crippen molar-refractivity contribution in [1.82, 2.24) is 4.90 Å². The van der Waals surface area contributed by atoms with Gasteiger partial charge in [0.1, 0.15) is 5.75 Å². The number of amidine groups is 1. The van der Waals surface area contributed by atoms with Gasteiger partial charge in [0.25, 0.3) is 0 Å². The van der Waals surface area contributed by atoms with E-state index in [2.05, 4.69) is 23.9 Å². The highest BCUT2D eigenvalue weighted by atomic mass is 16.5. The number of nitrogens with two attached hydrogens (primary N) is 1. The van der Waals surface area contributed by atoms with E-state index in [1.807, 2.05) is 12.1 Å². The second-order valence-corrected chi connectivity index (χ2v) is 6.45. The quantitative estimate of drug-likeness (QED) is 0.387. The molecule has 2 rings (SSSR count). The van der Waals surface area contributed by atoms with Crippen LogP contribution in [0.2, 0.25) is 0 Å². The predicted molar refractivity (Wildman–Crippen MR) is 83.8 cm³/mol. The number of hydrogen-bond acceptors (Lipinski definition) is 4. The smallest absolute Gasteiger partial charge is 0.170 e. The second-order valence-electron chi connectivity index (χ2n) is 6.45. The monoisotopic (exact) mass is 291 g/mol. The van der Waals surface area contributed by atoms with Crippen LogP contribution in [0.5, 0.6) is 5.75 Å². The van der Waals surface area contributed by atoms with Crippen molar-refractivity contribution in [1.29, 1.82) is 0 Å². The molecular weight excluding hydrogens is 266 g/mol. The summed E-state index contributed by atoms with van der Waals surface area (Å²) >= 11 is 0. The van der Waals surface area contributed by atoms with E-state index in [4.69, 9.17) is 15.7 Å². The lowest BCUT2D eigenvalue weighted by atomic mass is 9.82. The molecule has 1 saturated heterocycles. The van der Waals surface area contributed by atoms with E-state index in [0.29, 0.717) is 11.0 Å². The second kappa shape index (κ2) is 6.35. The Kier molecular flexibility index (Phi) is 4.73. The van der Waals surface area contributed by atoms with Crippen LogP contribution in [0.3, 0.4) is 0 Å². The number of ether oxygens (including phenoxy) is 1. The van der Waals surface area contributed by atoms with E-state index in [1.54, 1.807) is 13.2 Å². The average Bonchev–Trinajstić information content (AvgIpc) is 2.48. The summed E-state index contributed by atoms with van der Waals surface area (Å²) in [6, 6.07) is 5.61. The molecule has 116 valence electrons. The molecule has 0 aromatic heterocycles. The first-order valence-electron chi connectivity index (χ1n) is 7.32. The molecule has 0 atom stereocenters. The fraction of sp³-hybridized carbons (Fsp3) is 0.562. The molecule has 0 amide bonds. The van der Waals surface area contributed by atoms with Gasteiger partial charge in [-0.2, -0.15) is 0 Å². The van der Waals surface area contributed by atoms with Crippen molar-refractivity contribution in [3.63, 3.8) is 0 Å². The van der Waals surface area contributed by atoms with Crippen molar-refractivity contribution in [2.45, 2.75) is 33.2 Å². The van der Waals surface area contributed by atoms with Crippen LogP contribution in [0, 0.1) is 5.41 Å². The van der Waals surface area contributed by atoms with Gasteiger partial charge < -0.3 is 15.7 Å². The molecule has 1 aliphatic heterocycles. The van der Waals surface area contributed by atoms with Crippen LogP contribution < -0.4 is 10.5 Å². The summed E-state index contributed by atoms with van der Waals surface area (Å²) < 4.78 is 5.43. The molecule has 5 heteroatoms. The lowest BCUT2D eigenvalue weighted by Crippen LogP contribution is -2.36. The SMILES string of the molecule is COc1ccc(/C(N)=N/O)cc1CN1CCC(C)(C)CC1. The maximum atomic E-state index is 8.81. The predicted octanol–water partition coefficient (Wildman–Crippen LogP) is 2.41. The number of methoxy groups -OCH3 is 1. The van der Waals surface area contributed by atoms with Crippen LogP contribution >= 0.6 is 0 Å². The molecule has 21 heavy (non-hydrogen) atoms. The van der Waals surface area contributed by atoms with E-state index in [9.17, 15) is 0 Å². The summed E-state index contributed by atoms with van der Waals surface area (Å²) in [7, 11) is 1.67. The standard InChI is InChI=1S/C16H25N3O2/c1-16(2)6-8-19(9-7-16)11-13-10-12(15(17)18-20)4-5-14(13)21-3/h4-5,10,20H,6-9,11H2,1-3H3,(H2,17,18). The van der Waals surface area contributed by atoms with Crippen molar-refractivity contribution in [2.75, 3.05) is 20.2 Å². The molecule has 1 aromatic carbocycles. The first-order chi connectivity index (χ1) is 9.95. The molecule has 0 aliphatic carbocycles. The van der Waals surface area contributed by atoms with Crippen LogP contribution in [0.4, 0.5) is 0 Å². The molecule has 1 aromatic rings. The maximum absolute atomic E-state index is 8.81. The van der Waals surface area contributed by atoms with E-state index >= 15 is 0 Å². The van der Waals surface area contributed by atoms with Gasteiger partial charge in [-0.1, -0.05) is 19.0 Å². The molecule has 3 N–H and O–H groups in total. The maximum Gasteiger partial charge on any atom is 0.170 e. The van der Waals surface area contributed by atoms with Gasteiger partial charge in [0.2, 0.25) is 0 Å². The van der Waals surface area contributed by atoms with Crippen LogP contribution in [-0.2, 0) is 6.54 Å². The first kappa shape index (κ1) is 15.6. The molecule has 0 radical (unpaired) electrons. The Morgan fingerprint density at radius 3 is 2.62 bits per heavy atom. The van der Waals surface area contributed by atoms with Gasteiger partial charge in [-0.15, -0.1) is 0 Å². The van der Waals surface area contributed by atoms with Crippen molar-refractivity contribution in [3.05, 3.63) is 29.3 Å². The summed E-state index contributed by atoms with van der Waals surface area (Å²) in [5.41, 5.74) is 7.89. The molecule has 0 unspecified atom stereocenters. The van der Waals surface area contributed by atoms with Crippen molar-refractivity contribution in [2.24, 2.45) is 16.3 Å². The number of piperidine rings is 1. The summed E-state index contributed by atoms with van der Waals surface area (Å²) in [5.74, 6) is 0.966. The first-order valence-corrected chi connectivity index (χ1v) is 7.32. The summed E-state index contributed by atoms with van der Waals surface area (Å²) in [4.78, 5) is 2.43. The third-order valence-electron chi connectivity index (χ3n) is 4.29. The average molecular weight is 291 g/mol. The molecule has 0 saturated carbocycles. The van der Waals surface area contributed by atoms with Crippen LogP contribution in [0.15, 0.2) is 23.4 Å². The molecule has 0 bridgehead atoms. The van der Waals surface area contributed by atoms with E-state index in [0.717, 1.165) is 30.9 Å². The lowest BCUT2D eigenvalue weighted by Gasteiger charge is -2.37. The third kappa shape index (κ3) is 3.88. The number of benzene rings is 1. The van der Waals surface area contributed by atoms with Crippen molar-refractivity contribution >= 4 is 5.84 Å². The Morgan fingerprint density at radius 1 is 1.38 bits per heavy atom. The Bertz CT molecular complexity index is 516. The molecule has 0 spiro atoms. The highest BCUT2D eigenvalue weighted by Crippen LogP contribution is 2.31. The highest BCUT2D eigenvalue weighted by Gasteiger charge is 2.25. The zero-order chi connectivity index (χ0) is 15.5. The number of rotatable bonds is 4. The van der Waals surface area contributed by atoms with Gasteiger partial charge in [-0.25, -0.2) is 0 Å². The largest absolute Gasteiger partial charge is 0.496 e. The van der Waals surface area contributed by atoms with Crippen molar-refractivity contribution in [3.8, 4) is 5.75 Å². The number of oxime groups is 1. The zero-order valence-electron chi connectivity index (χ0n) is 13.1. The minimum Gasteiger partial charge on any atom is -0.496 e. The fourth-order valence-electron chi connectivity index (χ4n) is 2.68. The van der Waals surface area contributed by atoms with E-state index in [-0.39, 0.29) is 5.84 Å².